The van der Waals surface area contributed by atoms with Gasteiger partial charge in [-0.2, -0.15) is 0 Å². The molecule has 5 heteroatoms. The van der Waals surface area contributed by atoms with Gasteiger partial charge in [-0.3, -0.25) is 0 Å². The summed E-state index contributed by atoms with van der Waals surface area (Å²) in [6, 6.07) is 5.80. The van der Waals surface area contributed by atoms with Crippen LogP contribution < -0.4 is 16.0 Å². The molecule has 1 fully saturated rings. The van der Waals surface area contributed by atoms with Gasteiger partial charge in [0.1, 0.15) is 5.82 Å². The number of urea groups is 1. The molecule has 0 aliphatic carbocycles. The smallest absolute Gasteiger partial charge is 0.319 e. The standard InChI is InChI=1S/C14H20FN3O/c15-12-3-1-2-4-13(12)18-14(19)17-10-7-11-5-8-16-9-6-11/h1-4,11,16H,5-10H2,(H2,17,18,19). The van der Waals surface area contributed by atoms with Gasteiger partial charge in [-0.15, -0.1) is 0 Å². The molecule has 1 aromatic rings. The first-order valence-electron chi connectivity index (χ1n) is 6.76. The summed E-state index contributed by atoms with van der Waals surface area (Å²) in [5.74, 6) is 0.256. The monoisotopic (exact) mass is 265 g/mol. The second kappa shape index (κ2) is 7.09. The minimum absolute atomic E-state index is 0.210. The first-order valence-corrected chi connectivity index (χ1v) is 6.76. The van der Waals surface area contributed by atoms with Crippen LogP contribution in [-0.4, -0.2) is 25.7 Å². The summed E-state index contributed by atoms with van der Waals surface area (Å²) < 4.78 is 13.3. The number of piperidine rings is 1. The normalized spacial score (nSPS) is 16.1. The molecule has 0 unspecified atom stereocenters. The number of benzene rings is 1. The van der Waals surface area contributed by atoms with Crippen LogP contribution in [0.5, 0.6) is 0 Å². The first-order chi connectivity index (χ1) is 9.25. The summed E-state index contributed by atoms with van der Waals surface area (Å²) in [6.45, 7) is 2.75. The lowest BCUT2D eigenvalue weighted by Crippen LogP contribution is -2.33. The second-order valence-electron chi connectivity index (χ2n) is 4.84. The van der Waals surface area contributed by atoms with Crippen molar-refractivity contribution >= 4 is 11.7 Å². The molecule has 0 aromatic heterocycles. The lowest BCUT2D eigenvalue weighted by Gasteiger charge is -2.22. The molecule has 3 N–H and O–H groups in total. The molecule has 104 valence electrons. The molecule has 4 nitrogen and oxygen atoms in total. The third-order valence-electron chi connectivity index (χ3n) is 3.42. The zero-order valence-electron chi connectivity index (χ0n) is 10.9. The Morgan fingerprint density at radius 1 is 1.32 bits per heavy atom. The summed E-state index contributed by atoms with van der Waals surface area (Å²) in [5.41, 5.74) is 0.210. The molecule has 1 aliphatic rings. The van der Waals surface area contributed by atoms with E-state index in [0.29, 0.717) is 12.5 Å². The van der Waals surface area contributed by atoms with E-state index < -0.39 is 5.82 Å². The van der Waals surface area contributed by atoms with Crippen LogP contribution in [0.1, 0.15) is 19.3 Å². The SMILES string of the molecule is O=C(NCCC1CCNCC1)Nc1ccccc1F. The maximum Gasteiger partial charge on any atom is 0.319 e. The quantitative estimate of drug-likeness (QED) is 0.782. The van der Waals surface area contributed by atoms with Gasteiger partial charge in [0.25, 0.3) is 0 Å². The molecule has 0 bridgehead atoms. The van der Waals surface area contributed by atoms with E-state index in [2.05, 4.69) is 16.0 Å². The Bertz CT molecular complexity index is 419. The van der Waals surface area contributed by atoms with Crippen molar-refractivity contribution in [3.63, 3.8) is 0 Å². The number of rotatable bonds is 4. The van der Waals surface area contributed by atoms with Crippen LogP contribution in [0.15, 0.2) is 24.3 Å². The maximum atomic E-state index is 13.3. The molecule has 0 saturated carbocycles. The zero-order chi connectivity index (χ0) is 13.5. The number of para-hydroxylation sites is 1. The number of amides is 2. The Balaban J connectivity index is 1.68. The van der Waals surface area contributed by atoms with Crippen molar-refractivity contribution in [3.8, 4) is 0 Å². The zero-order valence-corrected chi connectivity index (χ0v) is 10.9. The number of halogens is 1. The predicted molar refractivity (Wildman–Crippen MR) is 73.6 cm³/mol. The molecule has 2 amide bonds. The highest BCUT2D eigenvalue weighted by molar-refractivity contribution is 5.89. The van der Waals surface area contributed by atoms with E-state index in [-0.39, 0.29) is 11.7 Å². The fraction of sp³-hybridized carbons (Fsp3) is 0.500. The van der Waals surface area contributed by atoms with E-state index in [0.717, 1.165) is 32.4 Å². The van der Waals surface area contributed by atoms with Crippen molar-refractivity contribution in [3.05, 3.63) is 30.1 Å². The van der Waals surface area contributed by atoms with Gasteiger partial charge in [0.05, 0.1) is 5.69 Å². The molecule has 1 aliphatic heterocycles. The van der Waals surface area contributed by atoms with Crippen LogP contribution in [0.25, 0.3) is 0 Å². The highest BCUT2D eigenvalue weighted by Crippen LogP contribution is 2.15. The van der Waals surface area contributed by atoms with Crippen molar-refractivity contribution < 1.29 is 9.18 Å². The topological polar surface area (TPSA) is 53.2 Å². The van der Waals surface area contributed by atoms with Crippen LogP contribution >= 0.6 is 0 Å². The van der Waals surface area contributed by atoms with E-state index in [9.17, 15) is 9.18 Å². The molecule has 1 aromatic carbocycles. The third kappa shape index (κ3) is 4.52. The number of carbonyl (C=O) groups excluding carboxylic acids is 1. The Kier molecular flexibility index (Phi) is 5.15. The van der Waals surface area contributed by atoms with Crippen molar-refractivity contribution in [1.29, 1.82) is 0 Å². The summed E-state index contributed by atoms with van der Waals surface area (Å²) in [7, 11) is 0. The lowest BCUT2D eigenvalue weighted by molar-refractivity contribution is 0.250. The van der Waals surface area contributed by atoms with E-state index >= 15 is 0 Å². The fourth-order valence-electron chi connectivity index (χ4n) is 2.29. The van der Waals surface area contributed by atoms with Crippen molar-refractivity contribution in [2.24, 2.45) is 5.92 Å². The molecular weight excluding hydrogens is 245 g/mol. The average molecular weight is 265 g/mol. The maximum absolute atomic E-state index is 13.3. The molecule has 0 spiro atoms. The first kappa shape index (κ1) is 13.8. The summed E-state index contributed by atoms with van der Waals surface area (Å²) in [6.07, 6.45) is 3.31. The predicted octanol–water partition coefficient (Wildman–Crippen LogP) is 2.34. The number of anilines is 1. The van der Waals surface area contributed by atoms with Gasteiger partial charge in [-0.05, 0) is 50.4 Å². The second-order valence-corrected chi connectivity index (χ2v) is 4.84. The van der Waals surface area contributed by atoms with Crippen LogP contribution in [0.3, 0.4) is 0 Å². The lowest BCUT2D eigenvalue weighted by atomic mass is 9.95. The molecular formula is C14H20FN3O. The Hall–Kier alpha value is -1.62. The van der Waals surface area contributed by atoms with Crippen LogP contribution in [0.2, 0.25) is 0 Å². The van der Waals surface area contributed by atoms with Crippen molar-refractivity contribution in [2.75, 3.05) is 25.0 Å². The van der Waals surface area contributed by atoms with Gasteiger partial charge in [0.2, 0.25) is 0 Å². The molecule has 1 heterocycles. The van der Waals surface area contributed by atoms with E-state index in [1.807, 2.05) is 0 Å². The van der Waals surface area contributed by atoms with Gasteiger partial charge in [0, 0.05) is 6.54 Å². The van der Waals surface area contributed by atoms with E-state index in [1.165, 1.54) is 6.07 Å². The van der Waals surface area contributed by atoms with Gasteiger partial charge in [-0.25, -0.2) is 9.18 Å². The van der Waals surface area contributed by atoms with Crippen LogP contribution in [0.4, 0.5) is 14.9 Å². The molecule has 0 atom stereocenters. The Labute approximate surface area is 112 Å². The summed E-state index contributed by atoms with van der Waals surface area (Å²) in [5, 5.41) is 8.59. The summed E-state index contributed by atoms with van der Waals surface area (Å²) >= 11 is 0. The third-order valence-corrected chi connectivity index (χ3v) is 3.42. The molecule has 2 rings (SSSR count). The largest absolute Gasteiger partial charge is 0.338 e. The van der Waals surface area contributed by atoms with Crippen LogP contribution in [0, 0.1) is 11.7 Å². The van der Waals surface area contributed by atoms with Gasteiger partial charge < -0.3 is 16.0 Å². The highest BCUT2D eigenvalue weighted by atomic mass is 19.1. The Morgan fingerprint density at radius 3 is 2.79 bits per heavy atom. The number of carbonyl (C=O) groups is 1. The Morgan fingerprint density at radius 2 is 2.05 bits per heavy atom. The fourth-order valence-corrected chi connectivity index (χ4v) is 2.29. The van der Waals surface area contributed by atoms with E-state index in [4.69, 9.17) is 0 Å². The summed E-state index contributed by atoms with van der Waals surface area (Å²) in [4.78, 5) is 11.6. The molecule has 1 saturated heterocycles. The van der Waals surface area contributed by atoms with E-state index in [1.54, 1.807) is 18.2 Å². The van der Waals surface area contributed by atoms with Gasteiger partial charge >= 0.3 is 6.03 Å². The van der Waals surface area contributed by atoms with Crippen LogP contribution in [-0.2, 0) is 0 Å². The minimum atomic E-state index is -0.420. The van der Waals surface area contributed by atoms with Crippen molar-refractivity contribution in [1.82, 2.24) is 10.6 Å². The highest BCUT2D eigenvalue weighted by Gasteiger charge is 2.13. The minimum Gasteiger partial charge on any atom is -0.338 e. The number of hydrogen-bond acceptors (Lipinski definition) is 2. The van der Waals surface area contributed by atoms with Gasteiger partial charge in [-0.1, -0.05) is 12.1 Å². The molecule has 19 heavy (non-hydrogen) atoms. The number of hydrogen-bond donors (Lipinski definition) is 3. The average Bonchev–Trinajstić information content (AvgIpc) is 2.43. The molecule has 0 radical (unpaired) electrons. The van der Waals surface area contributed by atoms with Crippen molar-refractivity contribution in [2.45, 2.75) is 19.3 Å². The van der Waals surface area contributed by atoms with Gasteiger partial charge in [0.15, 0.2) is 0 Å². The number of nitrogens with one attached hydrogen (secondary N) is 3.